The van der Waals surface area contributed by atoms with Crippen molar-refractivity contribution >= 4 is 45.0 Å². The standard InChI is InChI=1S/C23H26N4O9.H2O4S/c1-25(2)11-7-12(27(35)36)17(28)14-9(11)5-8-6-10-16(26(3)4)19(30)15(22(24)33)21(32)23(10,34)20(31)13(8)18(14)29;1-5(2,3)4/h7-8,10,16,28-29,32,34H,5-6H2,1-4H3,(H2,24,33);(H2,1,2,3,4). The number of phenols is 1. The number of hydrogen-bond acceptors (Lipinski definition) is 13. The van der Waals surface area contributed by atoms with E-state index in [1.165, 1.54) is 19.0 Å². The van der Waals surface area contributed by atoms with E-state index in [-0.39, 0.29) is 24.0 Å². The fraction of sp³-hybridized carbons (Fsp3) is 0.435. The Hall–Kier alpha value is -4.10. The Morgan fingerprint density at radius 1 is 1.15 bits per heavy atom. The highest BCUT2D eigenvalue weighted by molar-refractivity contribution is 7.79. The van der Waals surface area contributed by atoms with Crippen LogP contribution in [0.2, 0.25) is 0 Å². The maximum atomic E-state index is 13.8. The summed E-state index contributed by atoms with van der Waals surface area (Å²) in [5.41, 5.74) is 0.875. The molecule has 0 saturated heterocycles. The number of likely N-dealkylation sites (N-methyl/N-ethyl adjacent to an activating group) is 1. The minimum Gasteiger partial charge on any atom is -0.508 e. The number of hydrogen-bond donors (Lipinski definition) is 7. The Morgan fingerprint density at radius 2 is 1.68 bits per heavy atom. The molecular formula is C23H28N4O13S. The van der Waals surface area contributed by atoms with E-state index in [9.17, 15) is 44.9 Å². The number of aliphatic hydroxyl groups is 3. The number of carbonyl (C=O) groups excluding carboxylic acids is 3. The van der Waals surface area contributed by atoms with Crippen LogP contribution < -0.4 is 10.6 Å². The van der Waals surface area contributed by atoms with Crippen molar-refractivity contribution in [2.45, 2.75) is 24.5 Å². The second kappa shape index (κ2) is 10.4. The predicted molar refractivity (Wildman–Crippen MR) is 139 cm³/mol. The van der Waals surface area contributed by atoms with Crippen LogP contribution in [0.15, 0.2) is 23.0 Å². The Labute approximate surface area is 232 Å². The zero-order valence-electron chi connectivity index (χ0n) is 22.1. The first kappa shape index (κ1) is 31.4. The number of rotatable bonds is 4. The number of nitro groups is 1. The molecule has 17 nitrogen and oxygen atoms in total. The summed E-state index contributed by atoms with van der Waals surface area (Å²) in [6, 6.07) is -0.0329. The van der Waals surface area contributed by atoms with Gasteiger partial charge in [-0.1, -0.05) is 0 Å². The number of phenolic OH excluding ortho intramolecular Hbond substituents is 1. The zero-order valence-corrected chi connectivity index (χ0v) is 22.9. The number of nitrogens with two attached hydrogens (primary N) is 1. The molecule has 4 unspecified atom stereocenters. The lowest BCUT2D eigenvalue weighted by molar-refractivity contribution is -0.385. The highest BCUT2D eigenvalue weighted by atomic mass is 32.3. The third-order valence-electron chi connectivity index (χ3n) is 7.36. The molecule has 4 rings (SSSR count). The van der Waals surface area contributed by atoms with Gasteiger partial charge in [-0.3, -0.25) is 38.5 Å². The molecule has 0 spiro atoms. The van der Waals surface area contributed by atoms with Crippen LogP contribution in [0.4, 0.5) is 11.4 Å². The lowest BCUT2D eigenvalue weighted by Gasteiger charge is -2.50. The molecule has 8 N–H and O–H groups in total. The summed E-state index contributed by atoms with van der Waals surface area (Å²) < 4.78 is 31.6. The van der Waals surface area contributed by atoms with E-state index < -0.39 is 84.8 Å². The number of ketones is 2. The van der Waals surface area contributed by atoms with Gasteiger partial charge in [-0.25, -0.2) is 0 Å². The fourth-order valence-electron chi connectivity index (χ4n) is 5.82. The van der Waals surface area contributed by atoms with Crippen LogP contribution in [-0.2, 0) is 31.2 Å². The van der Waals surface area contributed by atoms with Gasteiger partial charge in [-0.2, -0.15) is 8.42 Å². The molecule has 1 aromatic rings. The van der Waals surface area contributed by atoms with Gasteiger partial charge in [0.2, 0.25) is 11.5 Å². The number of benzene rings is 1. The van der Waals surface area contributed by atoms with E-state index in [1.54, 1.807) is 19.0 Å². The van der Waals surface area contributed by atoms with Crippen molar-refractivity contribution < 1.29 is 57.3 Å². The topological polar surface area (TPSA) is 282 Å². The maximum absolute atomic E-state index is 13.8. The second-order valence-corrected chi connectivity index (χ2v) is 11.1. The molecule has 18 heteroatoms. The quantitative estimate of drug-likeness (QED) is 0.0972. The van der Waals surface area contributed by atoms with E-state index in [2.05, 4.69) is 0 Å². The van der Waals surface area contributed by atoms with Gasteiger partial charge in [-0.05, 0) is 38.4 Å². The van der Waals surface area contributed by atoms with Gasteiger partial charge in [0.15, 0.2) is 11.4 Å². The minimum atomic E-state index is -4.67. The summed E-state index contributed by atoms with van der Waals surface area (Å²) in [6.07, 6.45) is -0.0377. The van der Waals surface area contributed by atoms with Crippen LogP contribution in [0, 0.1) is 22.0 Å². The number of aliphatic hydroxyl groups excluding tert-OH is 2. The molecule has 1 fully saturated rings. The first-order valence-corrected chi connectivity index (χ1v) is 13.1. The molecule has 0 bridgehead atoms. The van der Waals surface area contributed by atoms with Crippen LogP contribution in [0.25, 0.3) is 5.76 Å². The molecule has 3 aliphatic rings. The van der Waals surface area contributed by atoms with Crippen molar-refractivity contribution in [2.24, 2.45) is 17.6 Å². The van der Waals surface area contributed by atoms with Crippen LogP contribution in [-0.4, -0.2) is 105 Å². The molecule has 224 valence electrons. The number of carbonyl (C=O) groups is 3. The number of aromatic hydroxyl groups is 1. The summed E-state index contributed by atoms with van der Waals surface area (Å²) >= 11 is 0. The van der Waals surface area contributed by atoms with E-state index in [1.807, 2.05) is 0 Å². The van der Waals surface area contributed by atoms with Gasteiger partial charge >= 0.3 is 16.1 Å². The second-order valence-electron chi connectivity index (χ2n) is 10.2. The number of primary amides is 1. The van der Waals surface area contributed by atoms with Crippen LogP contribution in [0.5, 0.6) is 5.75 Å². The molecule has 1 aromatic carbocycles. The number of nitrogens with zero attached hydrogens (tertiary/aromatic N) is 3. The number of fused-ring (bicyclic) bond motifs is 3. The van der Waals surface area contributed by atoms with Crippen LogP contribution in [0.3, 0.4) is 0 Å². The van der Waals surface area contributed by atoms with Crippen LogP contribution >= 0.6 is 0 Å². The first-order valence-electron chi connectivity index (χ1n) is 11.7. The van der Waals surface area contributed by atoms with Gasteiger partial charge < -0.3 is 31.1 Å². The smallest absolute Gasteiger partial charge is 0.394 e. The average Bonchev–Trinajstić information content (AvgIpc) is 2.79. The van der Waals surface area contributed by atoms with Crippen molar-refractivity contribution in [1.29, 1.82) is 0 Å². The molecule has 4 atom stereocenters. The number of nitro benzene ring substituents is 1. The zero-order chi connectivity index (χ0) is 31.5. The summed E-state index contributed by atoms with van der Waals surface area (Å²) in [6.45, 7) is 0. The number of Topliss-reactive ketones (excluding diaryl/α,β-unsaturated/α-hetero) is 2. The van der Waals surface area contributed by atoms with Crippen LogP contribution in [0.1, 0.15) is 17.5 Å². The van der Waals surface area contributed by atoms with Crippen molar-refractivity contribution in [3.63, 3.8) is 0 Å². The van der Waals surface area contributed by atoms with Crippen molar-refractivity contribution in [3.05, 3.63) is 44.2 Å². The predicted octanol–water partition coefficient (Wildman–Crippen LogP) is -0.715. The van der Waals surface area contributed by atoms with Gasteiger partial charge in [0.05, 0.1) is 16.5 Å². The average molecular weight is 601 g/mol. The first-order chi connectivity index (χ1) is 18.7. The van der Waals surface area contributed by atoms with E-state index in [4.69, 9.17) is 23.3 Å². The highest BCUT2D eigenvalue weighted by Crippen LogP contribution is 2.54. The lowest BCUT2D eigenvalue weighted by Crippen LogP contribution is -2.65. The molecule has 1 saturated carbocycles. The molecule has 0 aliphatic heterocycles. The van der Waals surface area contributed by atoms with Gasteiger partial charge in [0.25, 0.3) is 5.91 Å². The normalized spacial score (nSPS) is 25.6. The lowest BCUT2D eigenvalue weighted by atomic mass is 9.57. The molecule has 1 amide bonds. The van der Waals surface area contributed by atoms with E-state index >= 15 is 0 Å². The Kier molecular flexibility index (Phi) is 7.96. The molecule has 0 radical (unpaired) electrons. The van der Waals surface area contributed by atoms with Crippen molar-refractivity contribution in [1.82, 2.24) is 4.90 Å². The maximum Gasteiger partial charge on any atom is 0.394 e. The third-order valence-corrected chi connectivity index (χ3v) is 7.36. The molecule has 41 heavy (non-hydrogen) atoms. The van der Waals surface area contributed by atoms with Crippen molar-refractivity contribution in [2.75, 3.05) is 33.1 Å². The summed E-state index contributed by atoms with van der Waals surface area (Å²) in [4.78, 5) is 52.5. The summed E-state index contributed by atoms with van der Waals surface area (Å²) in [5.74, 6) is -8.16. The van der Waals surface area contributed by atoms with E-state index in [0.717, 1.165) is 6.07 Å². The minimum absolute atomic E-state index is 0.0353. The summed E-state index contributed by atoms with van der Waals surface area (Å²) in [7, 11) is 1.59. The fourth-order valence-corrected chi connectivity index (χ4v) is 5.82. The number of amides is 1. The van der Waals surface area contributed by atoms with Crippen molar-refractivity contribution in [3.8, 4) is 5.75 Å². The molecule has 3 aliphatic carbocycles. The Morgan fingerprint density at radius 3 is 2.12 bits per heavy atom. The monoisotopic (exact) mass is 600 g/mol. The SMILES string of the molecule is CN(C)c1cc([N+](=O)[O-])c(O)c2c1CC1CC3C(N(C)C)C(=O)C(C(N)=O)=C(O)C3(O)C(=O)C1=C2O.O=S(=O)(O)O. The Balaban J connectivity index is 0.000000850. The number of anilines is 1. The van der Waals surface area contributed by atoms with Gasteiger partial charge in [0.1, 0.15) is 17.1 Å². The van der Waals surface area contributed by atoms with Gasteiger partial charge in [0, 0.05) is 37.3 Å². The molecular weight excluding hydrogens is 572 g/mol. The largest absolute Gasteiger partial charge is 0.508 e. The third kappa shape index (κ3) is 5.10. The summed E-state index contributed by atoms with van der Waals surface area (Å²) in [5, 5.41) is 55.8. The molecule has 0 aromatic heterocycles. The molecule has 0 heterocycles. The Bertz CT molecular complexity index is 1540. The highest BCUT2D eigenvalue weighted by Gasteiger charge is 2.64. The van der Waals surface area contributed by atoms with Gasteiger partial charge in [-0.15, -0.1) is 0 Å². The van der Waals surface area contributed by atoms with E-state index in [0.29, 0.717) is 11.3 Å².